The highest BCUT2D eigenvalue weighted by molar-refractivity contribution is 6.16. The Balaban J connectivity index is 1.69. The number of nitrogens with zero attached hydrogens (tertiary/aromatic N) is 2. The third-order valence-corrected chi connectivity index (χ3v) is 5.86. The molecule has 4 nitrogen and oxygen atoms in total. The quantitative estimate of drug-likeness (QED) is 0.623. The number of piperidine rings is 1. The molecule has 2 aromatic carbocycles. The number of likely N-dealkylation sites (tertiary alicyclic amines) is 1. The molecule has 2 heterocycles. The van der Waals surface area contributed by atoms with Gasteiger partial charge in [0.1, 0.15) is 6.54 Å². The second-order valence-corrected chi connectivity index (χ2v) is 7.81. The predicted octanol–water partition coefficient (Wildman–Crippen LogP) is 4.66. The summed E-state index contributed by atoms with van der Waals surface area (Å²) in [5, 5.41) is 0.892. The summed E-state index contributed by atoms with van der Waals surface area (Å²) in [6.07, 6.45) is 5.13. The van der Waals surface area contributed by atoms with Crippen LogP contribution in [0, 0.1) is 0 Å². The summed E-state index contributed by atoms with van der Waals surface area (Å²) in [5.74, 6) is 0.113. The van der Waals surface area contributed by atoms with Gasteiger partial charge in [0, 0.05) is 40.3 Å². The highest BCUT2D eigenvalue weighted by atomic mass is 16.2. The van der Waals surface area contributed by atoms with E-state index in [0.717, 1.165) is 23.7 Å². The van der Waals surface area contributed by atoms with Crippen LogP contribution in [0.1, 0.15) is 49.0 Å². The molecule has 0 N–H and O–H groups in total. The number of aromatic nitrogens is 1. The minimum atomic E-state index is -0.0114. The lowest BCUT2D eigenvalue weighted by Gasteiger charge is -2.39. The Morgan fingerprint density at radius 2 is 1.57 bits per heavy atom. The topological polar surface area (TPSA) is 42.3 Å². The molecule has 3 aromatic rings. The molecule has 4 heteroatoms. The molecule has 1 saturated heterocycles. The molecule has 1 aliphatic heterocycles. The molecule has 1 aliphatic rings. The summed E-state index contributed by atoms with van der Waals surface area (Å²) < 4.78 is 1.93. The van der Waals surface area contributed by atoms with Crippen molar-refractivity contribution >= 4 is 22.6 Å². The van der Waals surface area contributed by atoms with Gasteiger partial charge in [-0.1, -0.05) is 48.5 Å². The number of benzene rings is 2. The Hall–Kier alpha value is -2.88. The first-order chi connectivity index (χ1) is 13.6. The van der Waals surface area contributed by atoms with Crippen molar-refractivity contribution in [3.05, 3.63) is 71.9 Å². The number of amides is 1. The van der Waals surface area contributed by atoms with Gasteiger partial charge >= 0.3 is 0 Å². The van der Waals surface area contributed by atoms with Crippen molar-refractivity contribution in [2.24, 2.45) is 0 Å². The molecule has 144 valence electrons. The normalized spacial score (nSPS) is 19.7. The van der Waals surface area contributed by atoms with E-state index >= 15 is 0 Å². The summed E-state index contributed by atoms with van der Waals surface area (Å²) in [6, 6.07) is 17.7. The molecule has 1 aromatic heterocycles. The van der Waals surface area contributed by atoms with Gasteiger partial charge in [0.25, 0.3) is 0 Å². The minimum absolute atomic E-state index is 0.0114. The highest BCUT2D eigenvalue weighted by Gasteiger charge is 2.29. The third-order valence-electron chi connectivity index (χ3n) is 5.86. The Labute approximate surface area is 165 Å². The zero-order valence-electron chi connectivity index (χ0n) is 16.5. The Kier molecular flexibility index (Phi) is 5.03. The summed E-state index contributed by atoms with van der Waals surface area (Å²) in [6.45, 7) is 4.52. The number of carbonyl (C=O) groups is 2. The number of para-hydroxylation sites is 1. The molecule has 0 unspecified atom stereocenters. The Morgan fingerprint density at radius 3 is 2.29 bits per heavy atom. The van der Waals surface area contributed by atoms with Crippen molar-refractivity contribution in [1.29, 1.82) is 0 Å². The maximum atomic E-state index is 13.1. The predicted molar refractivity (Wildman–Crippen MR) is 111 cm³/mol. The van der Waals surface area contributed by atoms with E-state index in [4.69, 9.17) is 0 Å². The lowest BCUT2D eigenvalue weighted by atomic mass is 9.97. The Bertz CT molecular complexity index is 996. The van der Waals surface area contributed by atoms with E-state index in [-0.39, 0.29) is 30.3 Å². The van der Waals surface area contributed by atoms with Gasteiger partial charge in [-0.3, -0.25) is 9.59 Å². The summed E-state index contributed by atoms with van der Waals surface area (Å²) >= 11 is 0. The monoisotopic (exact) mass is 374 g/mol. The van der Waals surface area contributed by atoms with Crippen LogP contribution >= 0.6 is 0 Å². The average molecular weight is 374 g/mol. The summed E-state index contributed by atoms with van der Waals surface area (Å²) in [7, 11) is 0. The molecule has 0 radical (unpaired) electrons. The molecule has 28 heavy (non-hydrogen) atoms. The van der Waals surface area contributed by atoms with Crippen molar-refractivity contribution in [3.8, 4) is 0 Å². The number of ketones is 1. The zero-order chi connectivity index (χ0) is 19.7. The lowest BCUT2D eigenvalue weighted by Crippen LogP contribution is -2.48. The largest absolute Gasteiger partial charge is 0.337 e. The van der Waals surface area contributed by atoms with Crippen molar-refractivity contribution in [1.82, 2.24) is 9.47 Å². The SMILES string of the molecule is C[C@H]1CCC[C@H](C)N1C(=O)Cn1cc(C(=O)c2ccccc2)c2ccccc21. The Morgan fingerprint density at radius 1 is 0.929 bits per heavy atom. The molecule has 1 fully saturated rings. The van der Waals surface area contributed by atoms with Gasteiger partial charge in [0.15, 0.2) is 5.78 Å². The van der Waals surface area contributed by atoms with E-state index in [0.29, 0.717) is 11.1 Å². The first-order valence-corrected chi connectivity index (χ1v) is 10.0. The second-order valence-electron chi connectivity index (χ2n) is 7.81. The standard InChI is InChI=1S/C24H26N2O2/c1-17-9-8-10-18(2)26(17)23(27)16-25-15-21(20-13-6-7-14-22(20)25)24(28)19-11-4-3-5-12-19/h3-7,11-15,17-18H,8-10,16H2,1-2H3/t17-,18-/m0/s1. The van der Waals surface area contributed by atoms with Crippen LogP contribution in [-0.4, -0.2) is 33.2 Å². The van der Waals surface area contributed by atoms with Crippen molar-refractivity contribution in [2.75, 3.05) is 0 Å². The van der Waals surface area contributed by atoms with E-state index < -0.39 is 0 Å². The van der Waals surface area contributed by atoms with Crippen molar-refractivity contribution in [3.63, 3.8) is 0 Å². The van der Waals surface area contributed by atoms with Crippen LogP contribution in [0.3, 0.4) is 0 Å². The van der Waals surface area contributed by atoms with Gasteiger partial charge in [0.05, 0.1) is 0 Å². The lowest BCUT2D eigenvalue weighted by molar-refractivity contribution is -0.137. The molecular weight excluding hydrogens is 348 g/mol. The summed E-state index contributed by atoms with van der Waals surface area (Å²) in [5.41, 5.74) is 2.23. The van der Waals surface area contributed by atoms with E-state index in [9.17, 15) is 9.59 Å². The van der Waals surface area contributed by atoms with Crippen molar-refractivity contribution in [2.45, 2.75) is 51.7 Å². The van der Waals surface area contributed by atoms with E-state index in [1.165, 1.54) is 6.42 Å². The van der Waals surface area contributed by atoms with Gasteiger partial charge in [0.2, 0.25) is 5.91 Å². The van der Waals surface area contributed by atoms with Gasteiger partial charge in [-0.2, -0.15) is 0 Å². The van der Waals surface area contributed by atoms with Crippen LogP contribution in [-0.2, 0) is 11.3 Å². The van der Waals surface area contributed by atoms with E-state index in [1.54, 1.807) is 0 Å². The summed E-state index contributed by atoms with van der Waals surface area (Å²) in [4.78, 5) is 28.2. The van der Waals surface area contributed by atoms with E-state index in [1.807, 2.05) is 70.3 Å². The molecule has 4 rings (SSSR count). The molecule has 0 saturated carbocycles. The van der Waals surface area contributed by atoms with Crippen LogP contribution < -0.4 is 0 Å². The smallest absolute Gasteiger partial charge is 0.242 e. The number of hydrogen-bond donors (Lipinski definition) is 0. The van der Waals surface area contributed by atoms with Gasteiger partial charge < -0.3 is 9.47 Å². The van der Waals surface area contributed by atoms with Gasteiger partial charge in [-0.25, -0.2) is 0 Å². The number of hydrogen-bond acceptors (Lipinski definition) is 2. The minimum Gasteiger partial charge on any atom is -0.337 e. The molecule has 2 atom stereocenters. The first-order valence-electron chi connectivity index (χ1n) is 10.0. The molecular formula is C24H26N2O2. The van der Waals surface area contributed by atoms with Crippen LogP contribution in [0.5, 0.6) is 0 Å². The van der Waals surface area contributed by atoms with Crippen LogP contribution in [0.25, 0.3) is 10.9 Å². The zero-order valence-corrected chi connectivity index (χ0v) is 16.5. The van der Waals surface area contributed by atoms with Crippen LogP contribution in [0.15, 0.2) is 60.8 Å². The molecule has 1 amide bonds. The molecule has 0 aliphatic carbocycles. The molecule has 0 bridgehead atoms. The maximum absolute atomic E-state index is 13.1. The van der Waals surface area contributed by atoms with Crippen LogP contribution in [0.2, 0.25) is 0 Å². The number of fused-ring (bicyclic) bond motifs is 1. The number of carbonyl (C=O) groups excluding carboxylic acids is 2. The van der Waals surface area contributed by atoms with Gasteiger partial charge in [-0.15, -0.1) is 0 Å². The third kappa shape index (κ3) is 3.35. The maximum Gasteiger partial charge on any atom is 0.242 e. The van der Waals surface area contributed by atoms with E-state index in [2.05, 4.69) is 13.8 Å². The fourth-order valence-electron chi connectivity index (χ4n) is 4.44. The fraction of sp³-hybridized carbons (Fsp3) is 0.333. The molecule has 0 spiro atoms. The van der Waals surface area contributed by atoms with Crippen LogP contribution in [0.4, 0.5) is 0 Å². The average Bonchev–Trinajstić information content (AvgIpc) is 3.06. The first kappa shape index (κ1) is 18.5. The highest BCUT2D eigenvalue weighted by Crippen LogP contribution is 2.26. The number of rotatable bonds is 4. The van der Waals surface area contributed by atoms with Gasteiger partial charge in [-0.05, 0) is 39.2 Å². The fourth-order valence-corrected chi connectivity index (χ4v) is 4.44. The van der Waals surface area contributed by atoms with Crippen molar-refractivity contribution < 1.29 is 9.59 Å². The second kappa shape index (κ2) is 7.63.